The Hall–Kier alpha value is -3.49. The lowest BCUT2D eigenvalue weighted by atomic mass is 10.0. The van der Waals surface area contributed by atoms with Crippen LogP contribution in [0, 0.1) is 5.82 Å². The molecule has 0 bridgehead atoms. The van der Waals surface area contributed by atoms with Crippen LogP contribution < -0.4 is 10.9 Å². The third kappa shape index (κ3) is 3.71. The lowest BCUT2D eigenvalue weighted by Gasteiger charge is -2.23. The van der Waals surface area contributed by atoms with Gasteiger partial charge in [-0.3, -0.25) is 9.36 Å². The largest absolute Gasteiger partial charge is 0.360 e. The Morgan fingerprint density at radius 2 is 1.97 bits per heavy atom. The summed E-state index contributed by atoms with van der Waals surface area (Å²) in [5.41, 5.74) is 1.76. The van der Waals surface area contributed by atoms with Gasteiger partial charge in [0.25, 0.3) is 5.56 Å². The number of imidazole rings is 1. The van der Waals surface area contributed by atoms with Crippen LogP contribution in [0.1, 0.15) is 25.1 Å². The van der Waals surface area contributed by atoms with Gasteiger partial charge in [0.1, 0.15) is 17.7 Å². The van der Waals surface area contributed by atoms with E-state index >= 15 is 0 Å². The molecule has 0 aliphatic carbocycles. The second-order valence-electron chi connectivity index (χ2n) is 7.44. The summed E-state index contributed by atoms with van der Waals surface area (Å²) < 4.78 is 16.1. The molecule has 3 aromatic heterocycles. The van der Waals surface area contributed by atoms with E-state index in [1.54, 1.807) is 36.4 Å². The number of hydrogen-bond acceptors (Lipinski definition) is 5. The van der Waals surface area contributed by atoms with Crippen molar-refractivity contribution in [2.45, 2.75) is 19.4 Å². The monoisotopic (exact) mass is 482 g/mol. The van der Waals surface area contributed by atoms with E-state index in [9.17, 15) is 9.18 Å². The van der Waals surface area contributed by atoms with Crippen LogP contribution in [0.2, 0.25) is 10.0 Å². The molecule has 0 saturated heterocycles. The molecule has 7 nitrogen and oxygen atoms in total. The van der Waals surface area contributed by atoms with Gasteiger partial charge >= 0.3 is 0 Å². The van der Waals surface area contributed by atoms with Gasteiger partial charge in [-0.05, 0) is 42.1 Å². The topological polar surface area (TPSA) is 88.5 Å². The molecule has 5 rings (SSSR count). The molecule has 0 fully saturated rings. The highest BCUT2D eigenvalue weighted by Crippen LogP contribution is 2.30. The summed E-state index contributed by atoms with van der Waals surface area (Å²) in [7, 11) is 0. The quantitative estimate of drug-likeness (QED) is 0.337. The van der Waals surface area contributed by atoms with E-state index in [4.69, 9.17) is 23.2 Å². The minimum absolute atomic E-state index is 0.00102. The highest BCUT2D eigenvalue weighted by atomic mass is 35.5. The van der Waals surface area contributed by atoms with Crippen LogP contribution in [0.4, 0.5) is 10.2 Å². The van der Waals surface area contributed by atoms with Crippen LogP contribution in [0.5, 0.6) is 0 Å². The first kappa shape index (κ1) is 21.4. The van der Waals surface area contributed by atoms with Crippen molar-refractivity contribution in [1.29, 1.82) is 0 Å². The van der Waals surface area contributed by atoms with Gasteiger partial charge in [-0.15, -0.1) is 0 Å². The molecule has 10 heteroatoms. The number of hydrogen-bond donors (Lipinski definition) is 2. The molecule has 0 aliphatic heterocycles. The number of nitrogens with zero attached hydrogens (tertiary/aromatic N) is 4. The van der Waals surface area contributed by atoms with E-state index in [1.165, 1.54) is 23.3 Å². The Bertz CT molecular complexity index is 1560. The molecule has 2 aromatic carbocycles. The summed E-state index contributed by atoms with van der Waals surface area (Å²) in [5, 5.41) is 4.51. The normalized spacial score (nSPS) is 12.4. The first-order chi connectivity index (χ1) is 16.0. The highest BCUT2D eigenvalue weighted by Gasteiger charge is 2.22. The zero-order valence-electron chi connectivity index (χ0n) is 17.3. The maximum absolute atomic E-state index is 14.7. The predicted molar refractivity (Wildman–Crippen MR) is 128 cm³/mol. The van der Waals surface area contributed by atoms with Crippen LogP contribution in [0.3, 0.4) is 0 Å². The SMILES string of the molecule is CCC(Nc1ncnc2[nH]cnc12)c1cc2cccc(F)c2c(=O)n1-c1ccc(Cl)c(Cl)c1. The van der Waals surface area contributed by atoms with Crippen molar-refractivity contribution in [2.75, 3.05) is 5.32 Å². The number of anilines is 1. The van der Waals surface area contributed by atoms with Crippen molar-refractivity contribution in [3.63, 3.8) is 0 Å². The number of halogens is 3. The first-order valence-electron chi connectivity index (χ1n) is 10.2. The molecular weight excluding hydrogens is 466 g/mol. The van der Waals surface area contributed by atoms with E-state index in [2.05, 4.69) is 25.3 Å². The number of nitrogens with one attached hydrogen (secondary N) is 2. The first-order valence-corrected chi connectivity index (χ1v) is 10.9. The van der Waals surface area contributed by atoms with E-state index in [0.717, 1.165) is 0 Å². The average molecular weight is 483 g/mol. The summed E-state index contributed by atoms with van der Waals surface area (Å²) >= 11 is 12.3. The average Bonchev–Trinajstić information content (AvgIpc) is 3.29. The van der Waals surface area contributed by atoms with E-state index in [0.29, 0.717) is 45.2 Å². The van der Waals surface area contributed by atoms with Crippen LogP contribution >= 0.6 is 23.2 Å². The molecule has 1 atom stereocenters. The molecule has 166 valence electrons. The zero-order chi connectivity index (χ0) is 23.1. The van der Waals surface area contributed by atoms with Crippen molar-refractivity contribution < 1.29 is 4.39 Å². The summed E-state index contributed by atoms with van der Waals surface area (Å²) in [6.07, 6.45) is 3.56. The molecule has 3 heterocycles. The predicted octanol–water partition coefficient (Wildman–Crippen LogP) is 5.67. The molecular formula is C23H17Cl2FN6O. The summed E-state index contributed by atoms with van der Waals surface area (Å²) in [4.78, 5) is 29.3. The number of benzene rings is 2. The lowest BCUT2D eigenvalue weighted by Crippen LogP contribution is -2.27. The van der Waals surface area contributed by atoms with Crippen molar-refractivity contribution in [2.24, 2.45) is 0 Å². The Labute approximate surface area is 197 Å². The van der Waals surface area contributed by atoms with Gasteiger partial charge in [0.15, 0.2) is 11.5 Å². The number of H-pyrrole nitrogens is 1. The van der Waals surface area contributed by atoms with Crippen LogP contribution in [-0.2, 0) is 0 Å². The fourth-order valence-corrected chi connectivity index (χ4v) is 4.20. The fraction of sp³-hybridized carbons (Fsp3) is 0.130. The molecule has 5 aromatic rings. The molecule has 0 aliphatic rings. The highest BCUT2D eigenvalue weighted by molar-refractivity contribution is 6.42. The van der Waals surface area contributed by atoms with E-state index < -0.39 is 11.4 Å². The van der Waals surface area contributed by atoms with E-state index in [-0.39, 0.29) is 16.5 Å². The lowest BCUT2D eigenvalue weighted by molar-refractivity contribution is 0.635. The van der Waals surface area contributed by atoms with Gasteiger partial charge in [-0.2, -0.15) is 0 Å². The molecule has 1 unspecified atom stereocenters. The molecule has 0 amide bonds. The number of fused-ring (bicyclic) bond motifs is 2. The van der Waals surface area contributed by atoms with Crippen molar-refractivity contribution in [3.8, 4) is 5.69 Å². The zero-order valence-corrected chi connectivity index (χ0v) is 18.8. The molecule has 0 radical (unpaired) electrons. The molecule has 0 saturated carbocycles. The Balaban J connectivity index is 1.75. The number of pyridine rings is 1. The number of aromatic nitrogens is 5. The smallest absolute Gasteiger partial charge is 0.266 e. The number of aromatic amines is 1. The second-order valence-corrected chi connectivity index (χ2v) is 8.25. The van der Waals surface area contributed by atoms with Gasteiger partial charge in [0.2, 0.25) is 0 Å². The Morgan fingerprint density at radius 1 is 1.12 bits per heavy atom. The number of rotatable bonds is 5. The van der Waals surface area contributed by atoms with Crippen LogP contribution in [-0.4, -0.2) is 24.5 Å². The van der Waals surface area contributed by atoms with Gasteiger partial charge in [-0.25, -0.2) is 19.3 Å². The molecule has 0 spiro atoms. The third-order valence-corrected chi connectivity index (χ3v) is 6.22. The molecule has 33 heavy (non-hydrogen) atoms. The van der Waals surface area contributed by atoms with Crippen molar-refractivity contribution in [1.82, 2.24) is 24.5 Å². The molecule has 2 N–H and O–H groups in total. The van der Waals surface area contributed by atoms with Crippen LogP contribution in [0.15, 0.2) is 59.9 Å². The summed E-state index contributed by atoms with van der Waals surface area (Å²) in [6.45, 7) is 1.97. The second kappa shape index (κ2) is 8.46. The summed E-state index contributed by atoms with van der Waals surface area (Å²) in [6, 6.07) is 10.9. The van der Waals surface area contributed by atoms with Crippen LogP contribution in [0.25, 0.3) is 27.6 Å². The maximum Gasteiger partial charge on any atom is 0.266 e. The fourth-order valence-electron chi connectivity index (χ4n) is 3.91. The third-order valence-electron chi connectivity index (χ3n) is 5.48. The Kier molecular flexibility index (Phi) is 5.47. The van der Waals surface area contributed by atoms with Crippen molar-refractivity contribution in [3.05, 3.63) is 87.0 Å². The van der Waals surface area contributed by atoms with Gasteiger partial charge in [-0.1, -0.05) is 42.3 Å². The Morgan fingerprint density at radius 3 is 2.76 bits per heavy atom. The van der Waals surface area contributed by atoms with E-state index in [1.807, 2.05) is 6.92 Å². The van der Waals surface area contributed by atoms with Gasteiger partial charge in [0.05, 0.1) is 33.5 Å². The standard InChI is InChI=1S/C23H17Cl2FN6O/c1-2-17(31-22-20-21(28-10-27-20)29-11-30-22)18-8-12-4-3-5-16(26)19(12)23(33)32(18)13-6-7-14(24)15(25)9-13/h3-11,17H,2H2,1H3,(H2,27,28,29,30,31). The summed E-state index contributed by atoms with van der Waals surface area (Å²) in [5.74, 6) is -0.0755. The maximum atomic E-state index is 14.7. The minimum atomic E-state index is -0.590. The van der Waals surface area contributed by atoms with Gasteiger partial charge in [0, 0.05) is 5.69 Å². The van der Waals surface area contributed by atoms with Crippen molar-refractivity contribution >= 4 is 51.0 Å². The minimum Gasteiger partial charge on any atom is -0.360 e. The van der Waals surface area contributed by atoms with Gasteiger partial charge < -0.3 is 10.3 Å².